The van der Waals surface area contributed by atoms with Crippen LogP contribution < -0.4 is 21.9 Å². The van der Waals surface area contributed by atoms with Crippen LogP contribution in [0.3, 0.4) is 0 Å². The Morgan fingerprint density at radius 2 is 1.57 bits per heavy atom. The van der Waals surface area contributed by atoms with E-state index in [1.807, 2.05) is 0 Å². The summed E-state index contributed by atoms with van der Waals surface area (Å²) in [5.74, 6) is 1.75. The zero-order chi connectivity index (χ0) is 16.6. The Kier molecular flexibility index (Phi) is 4.21. The molecule has 4 bridgehead atoms. The van der Waals surface area contributed by atoms with Crippen molar-refractivity contribution < 1.29 is 14.4 Å². The van der Waals surface area contributed by atoms with Gasteiger partial charge in [-0.05, 0) is 68.6 Å². The van der Waals surface area contributed by atoms with Crippen LogP contribution in [0.15, 0.2) is 0 Å². The average molecular weight is 322 g/mol. The van der Waals surface area contributed by atoms with Gasteiger partial charge in [0.05, 0.1) is 0 Å². The van der Waals surface area contributed by atoms with Crippen LogP contribution in [0.25, 0.3) is 0 Å². The van der Waals surface area contributed by atoms with Crippen molar-refractivity contribution in [3.05, 3.63) is 0 Å². The third kappa shape index (κ3) is 3.59. The van der Waals surface area contributed by atoms with Gasteiger partial charge in [-0.3, -0.25) is 20.4 Å². The number of rotatable bonds is 4. The Balaban J connectivity index is 1.48. The van der Waals surface area contributed by atoms with Crippen molar-refractivity contribution in [3.8, 4) is 0 Å². The lowest BCUT2D eigenvalue weighted by molar-refractivity contribution is -0.134. The van der Waals surface area contributed by atoms with Gasteiger partial charge in [0.2, 0.25) is 5.91 Å². The predicted molar refractivity (Wildman–Crippen MR) is 83.7 cm³/mol. The summed E-state index contributed by atoms with van der Waals surface area (Å²) in [6.07, 6.45) is 7.96. The minimum Gasteiger partial charge on any atom is -0.352 e. The van der Waals surface area contributed by atoms with E-state index in [-0.39, 0.29) is 11.3 Å². The van der Waals surface area contributed by atoms with E-state index < -0.39 is 18.0 Å². The van der Waals surface area contributed by atoms with Crippen LogP contribution in [0.5, 0.6) is 0 Å². The molecular formula is C16H26N4O3. The maximum atomic E-state index is 12.2. The SMILES string of the molecule is CC(NC(N)=O)C(=O)NNC(=O)CC12CC3CC(CC(C3)C1)C2. The number of urea groups is 1. The smallest absolute Gasteiger partial charge is 0.312 e. The molecule has 0 aromatic rings. The summed E-state index contributed by atoms with van der Waals surface area (Å²) in [5.41, 5.74) is 9.95. The lowest BCUT2D eigenvalue weighted by atomic mass is 9.49. The molecular weight excluding hydrogens is 296 g/mol. The summed E-state index contributed by atoms with van der Waals surface area (Å²) in [6.45, 7) is 1.51. The first-order chi connectivity index (χ1) is 10.8. The summed E-state index contributed by atoms with van der Waals surface area (Å²) in [4.78, 5) is 34.7. The van der Waals surface area contributed by atoms with Crippen LogP contribution in [0, 0.1) is 23.2 Å². The summed E-state index contributed by atoms with van der Waals surface area (Å²) in [6, 6.07) is -1.56. The number of primary amides is 1. The maximum absolute atomic E-state index is 12.2. The molecule has 0 radical (unpaired) electrons. The number of carbonyl (C=O) groups excluding carboxylic acids is 3. The molecule has 4 rings (SSSR count). The molecule has 0 aromatic carbocycles. The van der Waals surface area contributed by atoms with Gasteiger partial charge in [0.25, 0.3) is 5.91 Å². The van der Waals surface area contributed by atoms with Crippen molar-refractivity contribution in [2.24, 2.45) is 28.9 Å². The van der Waals surface area contributed by atoms with Gasteiger partial charge in [0.1, 0.15) is 6.04 Å². The average Bonchev–Trinajstić information content (AvgIpc) is 2.41. The Morgan fingerprint density at radius 3 is 2.04 bits per heavy atom. The van der Waals surface area contributed by atoms with Crippen molar-refractivity contribution in [2.45, 2.75) is 57.9 Å². The third-order valence-corrected chi connectivity index (χ3v) is 5.78. The van der Waals surface area contributed by atoms with E-state index >= 15 is 0 Å². The van der Waals surface area contributed by atoms with E-state index in [4.69, 9.17) is 5.73 Å². The minimum absolute atomic E-state index is 0.140. The fraction of sp³-hybridized carbons (Fsp3) is 0.812. The number of amides is 4. The predicted octanol–water partition coefficient (Wildman–Crippen LogP) is 0.797. The van der Waals surface area contributed by atoms with E-state index in [9.17, 15) is 14.4 Å². The second kappa shape index (κ2) is 6.02. The molecule has 1 atom stereocenters. The molecule has 0 saturated heterocycles. The standard InChI is InChI=1S/C16H26N4O3/c1-9(18-15(17)23)14(22)20-19-13(21)8-16-5-10-2-11(6-16)4-12(3-10)7-16/h9-12H,2-8H2,1H3,(H,19,21)(H,20,22)(H3,17,18,23). The third-order valence-electron chi connectivity index (χ3n) is 5.78. The molecule has 7 nitrogen and oxygen atoms in total. The highest BCUT2D eigenvalue weighted by atomic mass is 16.2. The summed E-state index contributed by atoms with van der Waals surface area (Å²) in [5, 5.41) is 2.27. The van der Waals surface area contributed by atoms with Crippen LogP contribution >= 0.6 is 0 Å². The highest BCUT2D eigenvalue weighted by molar-refractivity contribution is 5.88. The van der Waals surface area contributed by atoms with Gasteiger partial charge >= 0.3 is 6.03 Å². The fourth-order valence-corrected chi connectivity index (χ4v) is 5.41. The normalized spacial score (nSPS) is 35.4. The van der Waals surface area contributed by atoms with E-state index in [1.165, 1.54) is 26.2 Å². The van der Waals surface area contributed by atoms with Gasteiger partial charge in [-0.1, -0.05) is 0 Å². The molecule has 4 aliphatic rings. The summed E-state index contributed by atoms with van der Waals surface area (Å²) >= 11 is 0. The molecule has 128 valence electrons. The number of carbonyl (C=O) groups is 3. The molecule has 0 aliphatic heterocycles. The van der Waals surface area contributed by atoms with Crippen molar-refractivity contribution in [1.29, 1.82) is 0 Å². The molecule has 4 aliphatic carbocycles. The number of nitrogens with one attached hydrogen (secondary N) is 3. The molecule has 0 spiro atoms. The fourth-order valence-electron chi connectivity index (χ4n) is 5.41. The molecule has 23 heavy (non-hydrogen) atoms. The Labute approximate surface area is 136 Å². The monoisotopic (exact) mass is 322 g/mol. The van der Waals surface area contributed by atoms with Crippen LogP contribution in [0.1, 0.15) is 51.9 Å². The quantitative estimate of drug-likeness (QED) is 0.574. The van der Waals surface area contributed by atoms with Crippen LogP contribution in [-0.4, -0.2) is 23.9 Å². The molecule has 4 amide bonds. The zero-order valence-electron chi connectivity index (χ0n) is 13.6. The van der Waals surface area contributed by atoms with Crippen LogP contribution in [0.2, 0.25) is 0 Å². The van der Waals surface area contributed by atoms with Crippen LogP contribution in [-0.2, 0) is 9.59 Å². The van der Waals surface area contributed by atoms with E-state index in [0.717, 1.165) is 37.0 Å². The summed E-state index contributed by atoms with van der Waals surface area (Å²) < 4.78 is 0. The lowest BCUT2D eigenvalue weighted by Gasteiger charge is -2.56. The molecule has 7 heteroatoms. The Morgan fingerprint density at radius 1 is 1.04 bits per heavy atom. The lowest BCUT2D eigenvalue weighted by Crippen LogP contribution is -2.53. The van der Waals surface area contributed by atoms with Crippen molar-refractivity contribution in [1.82, 2.24) is 16.2 Å². The van der Waals surface area contributed by atoms with Gasteiger partial charge in [-0.2, -0.15) is 0 Å². The van der Waals surface area contributed by atoms with Gasteiger partial charge in [0.15, 0.2) is 0 Å². The van der Waals surface area contributed by atoms with E-state index in [2.05, 4.69) is 16.2 Å². The van der Waals surface area contributed by atoms with E-state index in [0.29, 0.717) is 6.42 Å². The first-order valence-corrected chi connectivity index (χ1v) is 8.50. The van der Waals surface area contributed by atoms with Crippen LogP contribution in [0.4, 0.5) is 4.79 Å². The molecule has 4 fully saturated rings. The highest BCUT2D eigenvalue weighted by Gasteiger charge is 2.51. The van der Waals surface area contributed by atoms with Crippen molar-refractivity contribution >= 4 is 17.8 Å². The Hall–Kier alpha value is -1.79. The molecule has 1 unspecified atom stereocenters. The largest absolute Gasteiger partial charge is 0.352 e. The zero-order valence-corrected chi connectivity index (χ0v) is 13.6. The molecule has 5 N–H and O–H groups in total. The minimum atomic E-state index is -0.785. The number of nitrogens with two attached hydrogens (primary N) is 1. The first kappa shape index (κ1) is 16.1. The summed E-state index contributed by atoms with van der Waals surface area (Å²) in [7, 11) is 0. The number of hydrazine groups is 1. The second-order valence-electron chi connectivity index (χ2n) is 7.86. The maximum Gasteiger partial charge on any atom is 0.312 e. The second-order valence-corrected chi connectivity index (χ2v) is 7.86. The highest BCUT2D eigenvalue weighted by Crippen LogP contribution is 2.61. The van der Waals surface area contributed by atoms with Crippen molar-refractivity contribution in [3.63, 3.8) is 0 Å². The van der Waals surface area contributed by atoms with Gasteiger partial charge < -0.3 is 11.1 Å². The Bertz CT molecular complexity index is 484. The molecule has 4 saturated carbocycles. The van der Waals surface area contributed by atoms with Crippen molar-refractivity contribution in [2.75, 3.05) is 0 Å². The van der Waals surface area contributed by atoms with Gasteiger partial charge in [-0.15, -0.1) is 0 Å². The topological polar surface area (TPSA) is 113 Å². The van der Waals surface area contributed by atoms with Gasteiger partial charge in [0, 0.05) is 6.42 Å². The van der Waals surface area contributed by atoms with Gasteiger partial charge in [-0.25, -0.2) is 4.79 Å². The van der Waals surface area contributed by atoms with E-state index in [1.54, 1.807) is 0 Å². The molecule has 0 aromatic heterocycles. The first-order valence-electron chi connectivity index (χ1n) is 8.50. The number of hydrogen-bond acceptors (Lipinski definition) is 3. The molecule has 0 heterocycles. The number of hydrogen-bond donors (Lipinski definition) is 4.